The van der Waals surface area contributed by atoms with Gasteiger partial charge in [-0.2, -0.15) is 5.26 Å². The van der Waals surface area contributed by atoms with Crippen molar-refractivity contribution in [3.63, 3.8) is 0 Å². The van der Waals surface area contributed by atoms with Crippen LogP contribution in [0.4, 0.5) is 11.5 Å². The highest BCUT2D eigenvalue weighted by Crippen LogP contribution is 2.44. The molecule has 39 heavy (non-hydrogen) atoms. The first-order valence-corrected chi connectivity index (χ1v) is 13.3. The van der Waals surface area contributed by atoms with Gasteiger partial charge in [-0.1, -0.05) is 18.2 Å². The molecule has 0 spiro atoms. The number of nitrogens with one attached hydrogen (secondary N) is 1. The average molecular weight is 525 g/mol. The molecule has 0 unspecified atom stereocenters. The third-order valence-electron chi connectivity index (χ3n) is 7.24. The van der Waals surface area contributed by atoms with E-state index >= 15 is 0 Å². The first-order valence-electron chi connectivity index (χ1n) is 13.3. The standard InChI is InChI=1S/C30H32N6O3/c1-20-19-35(14-15-36(20)28(38)12-16-39-2)30-23(18-31)17-26(29(34-30)22-7-8-22)33-27(37)10-9-21-11-13-32-25-6-4-3-5-24(21)25/h3-6,9-11,13,17,20,22H,7-8,12,14-16,19H2,1-2H3,(H,33,37)/t20-/m1/s1. The topological polar surface area (TPSA) is 111 Å². The van der Waals surface area contributed by atoms with E-state index in [4.69, 9.17) is 9.72 Å². The number of nitriles is 1. The summed E-state index contributed by atoms with van der Waals surface area (Å²) in [5, 5.41) is 13.9. The van der Waals surface area contributed by atoms with Gasteiger partial charge >= 0.3 is 0 Å². The monoisotopic (exact) mass is 524 g/mol. The minimum atomic E-state index is -0.284. The Morgan fingerprint density at radius 2 is 2.05 bits per heavy atom. The number of piperazine rings is 1. The number of benzene rings is 1. The van der Waals surface area contributed by atoms with Crippen LogP contribution in [0.5, 0.6) is 0 Å². The number of hydrogen-bond acceptors (Lipinski definition) is 7. The van der Waals surface area contributed by atoms with Crippen LogP contribution in [0, 0.1) is 11.3 Å². The number of nitrogens with zero attached hydrogens (tertiary/aromatic N) is 5. The number of pyridine rings is 2. The van der Waals surface area contributed by atoms with Crippen molar-refractivity contribution >= 4 is 40.3 Å². The maximum absolute atomic E-state index is 12.9. The number of ether oxygens (including phenoxy) is 1. The molecule has 9 heteroatoms. The van der Waals surface area contributed by atoms with Crippen molar-refractivity contribution < 1.29 is 14.3 Å². The lowest BCUT2D eigenvalue weighted by atomic mass is 10.1. The van der Waals surface area contributed by atoms with E-state index in [1.165, 1.54) is 6.08 Å². The summed E-state index contributed by atoms with van der Waals surface area (Å²) < 4.78 is 5.05. The van der Waals surface area contributed by atoms with Gasteiger partial charge in [-0.15, -0.1) is 0 Å². The van der Waals surface area contributed by atoms with Crippen LogP contribution in [-0.2, 0) is 14.3 Å². The number of carbonyl (C=O) groups is 2. The lowest BCUT2D eigenvalue weighted by Gasteiger charge is -2.41. The number of anilines is 2. The number of carbonyl (C=O) groups excluding carboxylic acids is 2. The van der Waals surface area contributed by atoms with Gasteiger partial charge in [0.2, 0.25) is 11.8 Å². The smallest absolute Gasteiger partial charge is 0.248 e. The Bertz CT molecular complexity index is 1450. The van der Waals surface area contributed by atoms with E-state index in [9.17, 15) is 14.9 Å². The van der Waals surface area contributed by atoms with Gasteiger partial charge in [0.05, 0.1) is 35.5 Å². The predicted octanol–water partition coefficient (Wildman–Crippen LogP) is 4.10. The van der Waals surface area contributed by atoms with Crippen molar-refractivity contribution in [2.24, 2.45) is 0 Å². The van der Waals surface area contributed by atoms with Gasteiger partial charge < -0.3 is 19.9 Å². The Labute approximate surface area is 228 Å². The Balaban J connectivity index is 1.34. The van der Waals surface area contributed by atoms with E-state index in [2.05, 4.69) is 21.3 Å². The van der Waals surface area contributed by atoms with Crippen LogP contribution in [0.2, 0.25) is 0 Å². The molecule has 1 N–H and O–H groups in total. The summed E-state index contributed by atoms with van der Waals surface area (Å²) in [7, 11) is 1.59. The van der Waals surface area contributed by atoms with E-state index in [-0.39, 0.29) is 23.8 Å². The molecule has 2 aromatic heterocycles. The summed E-state index contributed by atoms with van der Waals surface area (Å²) in [6, 6.07) is 13.7. The Morgan fingerprint density at radius 1 is 1.23 bits per heavy atom. The van der Waals surface area contributed by atoms with E-state index in [1.807, 2.05) is 42.2 Å². The summed E-state index contributed by atoms with van der Waals surface area (Å²) in [6.07, 6.45) is 7.35. The van der Waals surface area contributed by atoms with Gasteiger partial charge in [-0.25, -0.2) is 4.98 Å². The molecule has 1 aromatic carbocycles. The third-order valence-corrected chi connectivity index (χ3v) is 7.24. The lowest BCUT2D eigenvalue weighted by molar-refractivity contribution is -0.134. The largest absolute Gasteiger partial charge is 0.384 e. The molecule has 3 heterocycles. The predicted molar refractivity (Wildman–Crippen MR) is 150 cm³/mol. The maximum Gasteiger partial charge on any atom is 0.248 e. The molecular formula is C30H32N6O3. The maximum atomic E-state index is 12.9. The molecule has 200 valence electrons. The first-order chi connectivity index (χ1) is 19.0. The van der Waals surface area contributed by atoms with Gasteiger partial charge in [-0.3, -0.25) is 14.6 Å². The van der Waals surface area contributed by atoms with Crippen molar-refractivity contribution in [2.75, 3.05) is 43.6 Å². The van der Waals surface area contributed by atoms with Gasteiger partial charge in [-0.05, 0) is 49.6 Å². The number of aromatic nitrogens is 2. The van der Waals surface area contributed by atoms with Gasteiger partial charge in [0.1, 0.15) is 11.9 Å². The molecule has 1 saturated carbocycles. The Hall–Kier alpha value is -4.29. The first kappa shape index (κ1) is 26.3. The molecule has 0 bridgehead atoms. The molecule has 3 aromatic rings. The molecule has 1 aliphatic carbocycles. The van der Waals surface area contributed by atoms with Crippen molar-refractivity contribution in [2.45, 2.75) is 38.1 Å². The zero-order chi connectivity index (χ0) is 27.4. The number of fused-ring (bicyclic) bond motifs is 1. The molecule has 1 saturated heterocycles. The fourth-order valence-corrected chi connectivity index (χ4v) is 5.07. The highest BCUT2D eigenvalue weighted by molar-refractivity contribution is 6.03. The number of rotatable bonds is 8. The lowest BCUT2D eigenvalue weighted by Crippen LogP contribution is -2.54. The van der Waals surface area contributed by atoms with Crippen molar-refractivity contribution in [3.05, 3.63) is 65.5 Å². The van der Waals surface area contributed by atoms with Gasteiger partial charge in [0, 0.05) is 56.4 Å². The van der Waals surface area contributed by atoms with Crippen molar-refractivity contribution in [1.29, 1.82) is 5.26 Å². The summed E-state index contributed by atoms with van der Waals surface area (Å²) in [6.45, 7) is 4.14. The Morgan fingerprint density at radius 3 is 2.79 bits per heavy atom. The molecule has 2 aliphatic rings. The highest BCUT2D eigenvalue weighted by atomic mass is 16.5. The number of methoxy groups -OCH3 is 1. The average Bonchev–Trinajstić information content (AvgIpc) is 3.80. The van der Waals surface area contributed by atoms with E-state index in [0.29, 0.717) is 49.7 Å². The SMILES string of the molecule is COCCC(=O)N1CCN(c2nc(C3CC3)c(NC(=O)C=Cc3ccnc4ccccc34)cc2C#N)C[C@H]1C. The molecule has 2 fully saturated rings. The van der Waals surface area contributed by atoms with Gasteiger partial charge in [0.25, 0.3) is 0 Å². The Kier molecular flexibility index (Phi) is 7.84. The fourth-order valence-electron chi connectivity index (χ4n) is 5.07. The second-order valence-electron chi connectivity index (χ2n) is 10.0. The number of para-hydroxylation sites is 1. The van der Waals surface area contributed by atoms with Crippen LogP contribution >= 0.6 is 0 Å². The highest BCUT2D eigenvalue weighted by Gasteiger charge is 2.33. The summed E-state index contributed by atoms with van der Waals surface area (Å²) in [5.74, 6) is 0.663. The number of hydrogen-bond donors (Lipinski definition) is 1. The quantitative estimate of drug-likeness (QED) is 0.442. The third kappa shape index (κ3) is 5.91. The molecule has 2 amide bonds. The van der Waals surface area contributed by atoms with Crippen LogP contribution in [0.15, 0.2) is 48.7 Å². The van der Waals surface area contributed by atoms with Crippen LogP contribution < -0.4 is 10.2 Å². The normalized spacial score (nSPS) is 17.4. The van der Waals surface area contributed by atoms with Crippen LogP contribution in [0.1, 0.15) is 48.9 Å². The second-order valence-corrected chi connectivity index (χ2v) is 10.0. The summed E-state index contributed by atoms with van der Waals surface area (Å²) in [4.78, 5) is 38.7. The van der Waals surface area contributed by atoms with E-state index in [1.54, 1.807) is 25.4 Å². The van der Waals surface area contributed by atoms with E-state index < -0.39 is 0 Å². The minimum Gasteiger partial charge on any atom is -0.384 e. The zero-order valence-corrected chi connectivity index (χ0v) is 22.3. The molecule has 1 atom stereocenters. The van der Waals surface area contributed by atoms with Crippen molar-refractivity contribution in [1.82, 2.24) is 14.9 Å². The van der Waals surface area contributed by atoms with Crippen LogP contribution in [0.25, 0.3) is 17.0 Å². The molecule has 5 rings (SSSR count). The minimum absolute atomic E-state index is 0.0189. The van der Waals surface area contributed by atoms with Crippen molar-refractivity contribution in [3.8, 4) is 6.07 Å². The fraction of sp³-hybridized carbons (Fsp3) is 0.367. The summed E-state index contributed by atoms with van der Waals surface area (Å²) >= 11 is 0. The molecular weight excluding hydrogens is 492 g/mol. The van der Waals surface area contributed by atoms with Gasteiger partial charge in [0.15, 0.2) is 0 Å². The summed E-state index contributed by atoms with van der Waals surface area (Å²) in [5.41, 5.74) is 3.56. The molecule has 0 radical (unpaired) electrons. The zero-order valence-electron chi connectivity index (χ0n) is 22.3. The second kappa shape index (κ2) is 11.6. The van der Waals surface area contributed by atoms with Crippen LogP contribution in [0.3, 0.4) is 0 Å². The van der Waals surface area contributed by atoms with Crippen LogP contribution in [-0.4, -0.2) is 66.1 Å². The number of amides is 2. The van der Waals surface area contributed by atoms with E-state index in [0.717, 1.165) is 35.0 Å². The molecule has 9 nitrogen and oxygen atoms in total. The molecule has 1 aliphatic heterocycles.